The molecule has 0 amide bonds. The second kappa shape index (κ2) is 5.03. The van der Waals surface area contributed by atoms with Crippen LogP contribution in [0, 0.1) is 0 Å². The molecule has 0 saturated carbocycles. The van der Waals surface area contributed by atoms with Gasteiger partial charge in [-0.25, -0.2) is 4.21 Å². The molecular formula is C16H15NO3S. The standard InChI is InChI=1S/C16H15NO3S/c18-21(19)13-4-1-10(2-5-13)11-3-6-14-12(9-11)7-8-17-16-15(14)20-16/h1-6,9,15-17H,7-8H2,(H,18,19). The van der Waals surface area contributed by atoms with E-state index >= 15 is 0 Å². The molecule has 0 aliphatic carbocycles. The fourth-order valence-electron chi connectivity index (χ4n) is 2.90. The molecule has 2 aliphatic heterocycles. The van der Waals surface area contributed by atoms with Gasteiger partial charge in [-0.15, -0.1) is 0 Å². The number of rotatable bonds is 2. The third-order valence-corrected chi connectivity index (χ3v) is 4.75. The largest absolute Gasteiger partial charge is 0.348 e. The van der Waals surface area contributed by atoms with Crippen molar-refractivity contribution in [1.29, 1.82) is 0 Å². The van der Waals surface area contributed by atoms with Crippen LogP contribution in [-0.2, 0) is 22.2 Å². The van der Waals surface area contributed by atoms with E-state index in [2.05, 4.69) is 23.5 Å². The zero-order chi connectivity index (χ0) is 14.4. The van der Waals surface area contributed by atoms with Crippen LogP contribution in [-0.4, -0.2) is 21.5 Å². The summed E-state index contributed by atoms with van der Waals surface area (Å²) in [7, 11) is 0. The van der Waals surface area contributed by atoms with E-state index in [-0.39, 0.29) is 12.3 Å². The van der Waals surface area contributed by atoms with E-state index in [1.54, 1.807) is 12.1 Å². The molecule has 108 valence electrons. The van der Waals surface area contributed by atoms with Crippen LogP contribution in [0.3, 0.4) is 0 Å². The van der Waals surface area contributed by atoms with Crippen LogP contribution in [0.15, 0.2) is 47.4 Å². The summed E-state index contributed by atoms with van der Waals surface area (Å²) in [5, 5.41) is 3.36. The van der Waals surface area contributed by atoms with Crippen molar-refractivity contribution in [2.45, 2.75) is 23.6 Å². The predicted octanol–water partition coefficient (Wildman–Crippen LogP) is 2.48. The van der Waals surface area contributed by atoms with Crippen molar-refractivity contribution in [1.82, 2.24) is 5.32 Å². The second-order valence-electron chi connectivity index (χ2n) is 5.37. The van der Waals surface area contributed by atoms with Gasteiger partial charge < -0.3 is 9.29 Å². The molecule has 1 fully saturated rings. The molecule has 0 radical (unpaired) electrons. The number of ether oxygens (including phenoxy) is 1. The minimum atomic E-state index is -1.92. The summed E-state index contributed by atoms with van der Waals surface area (Å²) < 4.78 is 25.7. The van der Waals surface area contributed by atoms with Crippen molar-refractivity contribution < 1.29 is 13.5 Å². The van der Waals surface area contributed by atoms with Gasteiger partial charge in [-0.2, -0.15) is 0 Å². The number of benzene rings is 2. The number of hydrogen-bond acceptors (Lipinski definition) is 3. The Morgan fingerprint density at radius 1 is 1.14 bits per heavy atom. The molecule has 0 spiro atoms. The van der Waals surface area contributed by atoms with E-state index in [0.717, 1.165) is 24.1 Å². The average Bonchev–Trinajstić information content (AvgIpc) is 3.27. The van der Waals surface area contributed by atoms with Crippen LogP contribution >= 0.6 is 0 Å². The zero-order valence-corrected chi connectivity index (χ0v) is 12.1. The summed E-state index contributed by atoms with van der Waals surface area (Å²) in [5.74, 6) is 0. The van der Waals surface area contributed by atoms with Gasteiger partial charge in [-0.1, -0.05) is 30.3 Å². The molecule has 3 atom stereocenters. The van der Waals surface area contributed by atoms with E-state index in [0.29, 0.717) is 4.90 Å². The minimum absolute atomic E-state index is 0.191. The van der Waals surface area contributed by atoms with Gasteiger partial charge in [0.05, 0.1) is 4.90 Å². The molecule has 3 unspecified atom stereocenters. The minimum Gasteiger partial charge on any atom is -0.348 e. The summed E-state index contributed by atoms with van der Waals surface area (Å²) in [6.07, 6.45) is 1.39. The maximum absolute atomic E-state index is 11.0. The van der Waals surface area contributed by atoms with Crippen LogP contribution in [0.25, 0.3) is 11.1 Å². The predicted molar refractivity (Wildman–Crippen MR) is 80.2 cm³/mol. The topological polar surface area (TPSA) is 61.9 Å². The Labute approximate surface area is 125 Å². The highest BCUT2D eigenvalue weighted by molar-refractivity contribution is 7.79. The van der Waals surface area contributed by atoms with E-state index in [4.69, 9.17) is 9.29 Å². The van der Waals surface area contributed by atoms with Crippen LogP contribution in [0.4, 0.5) is 0 Å². The van der Waals surface area contributed by atoms with E-state index in [9.17, 15) is 4.21 Å². The maximum Gasteiger partial charge on any atom is 0.186 e. The molecule has 2 N–H and O–H groups in total. The lowest BCUT2D eigenvalue weighted by atomic mass is 9.96. The molecule has 2 aliphatic rings. The summed E-state index contributed by atoms with van der Waals surface area (Å²) in [4.78, 5) is 0.423. The third kappa shape index (κ3) is 2.42. The highest BCUT2D eigenvalue weighted by Gasteiger charge is 2.42. The molecule has 0 aromatic heterocycles. The van der Waals surface area contributed by atoms with Gasteiger partial charge in [0.1, 0.15) is 12.3 Å². The molecule has 2 aromatic carbocycles. The Balaban J connectivity index is 1.69. The van der Waals surface area contributed by atoms with Crippen molar-refractivity contribution in [2.24, 2.45) is 0 Å². The lowest BCUT2D eigenvalue weighted by Gasteiger charge is -2.09. The normalized spacial score (nSPS) is 24.6. The Bertz CT molecular complexity index is 714. The molecule has 2 heterocycles. The Hall–Kier alpha value is -1.53. The highest BCUT2D eigenvalue weighted by atomic mass is 32.2. The summed E-state index contributed by atoms with van der Waals surface area (Å²) in [6.45, 7) is 0.931. The van der Waals surface area contributed by atoms with Gasteiger partial charge in [-0.3, -0.25) is 5.32 Å². The van der Waals surface area contributed by atoms with Crippen LogP contribution in [0.2, 0.25) is 0 Å². The molecule has 2 aromatic rings. The molecule has 21 heavy (non-hydrogen) atoms. The van der Waals surface area contributed by atoms with Crippen molar-refractivity contribution in [2.75, 3.05) is 6.54 Å². The van der Waals surface area contributed by atoms with Crippen molar-refractivity contribution in [3.63, 3.8) is 0 Å². The third-order valence-electron chi connectivity index (χ3n) is 4.07. The molecule has 5 heteroatoms. The smallest absolute Gasteiger partial charge is 0.186 e. The number of hydrogen-bond donors (Lipinski definition) is 2. The first-order valence-electron chi connectivity index (χ1n) is 6.95. The van der Waals surface area contributed by atoms with Gasteiger partial charge >= 0.3 is 0 Å². The SMILES string of the molecule is O=S(O)c1ccc(-c2ccc3c(c2)CCNC2OC32)cc1. The van der Waals surface area contributed by atoms with Gasteiger partial charge in [0.15, 0.2) is 11.1 Å². The molecule has 1 saturated heterocycles. The molecule has 4 rings (SSSR count). The monoisotopic (exact) mass is 301 g/mol. The first-order chi connectivity index (χ1) is 10.2. The first kappa shape index (κ1) is 13.2. The van der Waals surface area contributed by atoms with Crippen molar-refractivity contribution in [3.8, 4) is 11.1 Å². The first-order valence-corrected chi connectivity index (χ1v) is 8.06. The summed E-state index contributed by atoms with van der Waals surface area (Å²) >= 11 is -1.92. The van der Waals surface area contributed by atoms with Gasteiger partial charge in [-0.05, 0) is 40.8 Å². The lowest BCUT2D eigenvalue weighted by molar-refractivity contribution is 0.343. The fraction of sp³-hybridized carbons (Fsp3) is 0.250. The Morgan fingerprint density at radius 3 is 2.67 bits per heavy atom. The van der Waals surface area contributed by atoms with Gasteiger partial charge in [0.2, 0.25) is 0 Å². The van der Waals surface area contributed by atoms with Crippen LogP contribution in [0.5, 0.6) is 0 Å². The quantitative estimate of drug-likeness (QED) is 0.661. The van der Waals surface area contributed by atoms with E-state index in [1.165, 1.54) is 11.1 Å². The molecule has 0 bridgehead atoms. The summed E-state index contributed by atoms with van der Waals surface area (Å²) in [5.41, 5.74) is 4.78. The van der Waals surface area contributed by atoms with Gasteiger partial charge in [0, 0.05) is 6.54 Å². The van der Waals surface area contributed by atoms with Crippen molar-refractivity contribution in [3.05, 3.63) is 53.6 Å². The summed E-state index contributed by atoms with van der Waals surface area (Å²) in [6, 6.07) is 13.6. The van der Waals surface area contributed by atoms with E-state index < -0.39 is 11.1 Å². The number of nitrogens with one attached hydrogen (secondary N) is 1. The maximum atomic E-state index is 11.0. The fourth-order valence-corrected chi connectivity index (χ4v) is 3.27. The van der Waals surface area contributed by atoms with E-state index in [1.807, 2.05) is 12.1 Å². The average molecular weight is 301 g/mol. The highest BCUT2D eigenvalue weighted by Crippen LogP contribution is 2.41. The van der Waals surface area contributed by atoms with Crippen molar-refractivity contribution >= 4 is 11.1 Å². The number of epoxide rings is 1. The second-order valence-corrected chi connectivity index (χ2v) is 6.34. The molecular weight excluding hydrogens is 286 g/mol. The lowest BCUT2D eigenvalue weighted by Crippen LogP contribution is -2.18. The Kier molecular flexibility index (Phi) is 3.15. The molecule has 4 nitrogen and oxygen atoms in total. The van der Waals surface area contributed by atoms with Crippen LogP contribution in [0.1, 0.15) is 17.2 Å². The Morgan fingerprint density at radius 2 is 1.90 bits per heavy atom. The van der Waals surface area contributed by atoms with Crippen LogP contribution < -0.4 is 5.32 Å². The van der Waals surface area contributed by atoms with Gasteiger partial charge in [0.25, 0.3) is 0 Å². The zero-order valence-electron chi connectivity index (χ0n) is 11.3. The number of fused-ring (bicyclic) bond motifs is 3.